The molecule has 3 heterocycles. The van der Waals surface area contributed by atoms with Crippen LogP contribution < -0.4 is 10.5 Å². The largest absolute Gasteiger partial charge is 0.445 e. The number of aromatic nitrogens is 1. The molecule has 0 bridgehead atoms. The van der Waals surface area contributed by atoms with Crippen molar-refractivity contribution >= 4 is 28.0 Å². The van der Waals surface area contributed by atoms with E-state index in [2.05, 4.69) is 24.1 Å². The molecule has 44 heavy (non-hydrogen) atoms. The van der Waals surface area contributed by atoms with Crippen LogP contribution in [0.5, 0.6) is 0 Å². The molecule has 0 aliphatic carbocycles. The molecule has 2 aliphatic rings. The van der Waals surface area contributed by atoms with Gasteiger partial charge in [-0.2, -0.15) is 0 Å². The number of sulfonamides is 1. The number of carbonyl (C=O) groups excluding carboxylic acids is 2. The van der Waals surface area contributed by atoms with Crippen molar-refractivity contribution < 1.29 is 27.5 Å². The first-order valence-electron chi connectivity index (χ1n) is 15.0. The van der Waals surface area contributed by atoms with Crippen LogP contribution in [0.3, 0.4) is 0 Å². The van der Waals surface area contributed by atoms with Crippen LogP contribution in [0.4, 0.5) is 15.4 Å². The van der Waals surface area contributed by atoms with Crippen molar-refractivity contribution in [2.75, 3.05) is 25.0 Å². The van der Waals surface area contributed by atoms with Crippen LogP contribution in [0, 0.1) is 5.92 Å². The van der Waals surface area contributed by atoms with Crippen molar-refractivity contribution in [3.8, 4) is 0 Å². The SMILES string of the molecule is CC(C)(C)OC(=O)N1C[C@@H](CCC(Nc2cccc(S(N)(=O)=O)n2)C2=CCN(C(=O)OCc3ccccc3)CC2)CC1(C)C. The third-order valence-electron chi connectivity index (χ3n) is 7.93. The quantitative estimate of drug-likeness (QED) is 0.357. The molecule has 0 spiro atoms. The summed E-state index contributed by atoms with van der Waals surface area (Å²) in [6.07, 6.45) is 4.33. The number of carbonyl (C=O) groups is 2. The third kappa shape index (κ3) is 9.18. The van der Waals surface area contributed by atoms with E-state index in [1.165, 1.54) is 6.07 Å². The Morgan fingerprint density at radius 1 is 1.11 bits per heavy atom. The summed E-state index contributed by atoms with van der Waals surface area (Å²) in [5, 5.41) is 8.54. The van der Waals surface area contributed by atoms with Crippen LogP contribution >= 0.6 is 0 Å². The minimum atomic E-state index is -3.97. The first kappa shape index (κ1) is 33.3. The zero-order valence-corrected chi connectivity index (χ0v) is 27.1. The molecule has 1 saturated heterocycles. The summed E-state index contributed by atoms with van der Waals surface area (Å²) in [6.45, 7) is 11.4. The Bertz CT molecular complexity index is 1450. The standard InChI is InChI=1S/C32H45N5O6S/c1-31(2,3)43-30(39)37-21-24(20-32(37,4)5)14-15-26(34-27-12-9-13-28(35-27)44(33,40)41)25-16-18-36(19-17-25)29(38)42-22-23-10-7-6-8-11-23/h6-13,16,24,26H,14-15,17-22H2,1-5H3,(H,34,35)(H2,33,40,41)/t24-,26?/m0/s1. The number of primary sulfonamides is 1. The summed E-state index contributed by atoms with van der Waals surface area (Å²) in [7, 11) is -3.97. The minimum absolute atomic E-state index is 0.167. The average molecular weight is 628 g/mol. The first-order valence-corrected chi connectivity index (χ1v) is 16.6. The van der Waals surface area contributed by atoms with Gasteiger partial charge in [0.05, 0.1) is 0 Å². The molecular formula is C32H45N5O6S. The van der Waals surface area contributed by atoms with Crippen LogP contribution in [-0.4, -0.2) is 72.2 Å². The summed E-state index contributed by atoms with van der Waals surface area (Å²) in [4.78, 5) is 33.4. The predicted octanol–water partition coefficient (Wildman–Crippen LogP) is 5.29. The van der Waals surface area contributed by atoms with Gasteiger partial charge in [0.15, 0.2) is 5.03 Å². The maximum Gasteiger partial charge on any atom is 0.410 e. The van der Waals surface area contributed by atoms with Crippen molar-refractivity contribution in [2.24, 2.45) is 11.1 Å². The highest BCUT2D eigenvalue weighted by molar-refractivity contribution is 7.89. The molecule has 3 N–H and O–H groups in total. The van der Waals surface area contributed by atoms with Crippen molar-refractivity contribution in [3.63, 3.8) is 0 Å². The van der Waals surface area contributed by atoms with Crippen molar-refractivity contribution in [1.29, 1.82) is 0 Å². The van der Waals surface area contributed by atoms with Gasteiger partial charge in [0, 0.05) is 31.2 Å². The second kappa shape index (κ2) is 13.6. The number of rotatable bonds is 9. The lowest BCUT2D eigenvalue weighted by Crippen LogP contribution is -2.45. The molecule has 0 radical (unpaired) electrons. The molecule has 1 aromatic carbocycles. The molecule has 1 fully saturated rings. The van der Waals surface area contributed by atoms with Crippen LogP contribution in [-0.2, 0) is 26.1 Å². The number of hydrogen-bond donors (Lipinski definition) is 2. The van der Waals surface area contributed by atoms with Gasteiger partial charge in [-0.25, -0.2) is 28.1 Å². The smallest absolute Gasteiger partial charge is 0.410 e. The fourth-order valence-electron chi connectivity index (χ4n) is 5.78. The van der Waals surface area contributed by atoms with Crippen LogP contribution in [0.25, 0.3) is 0 Å². The molecule has 0 saturated carbocycles. The van der Waals surface area contributed by atoms with Crippen LogP contribution in [0.2, 0.25) is 0 Å². The van der Waals surface area contributed by atoms with E-state index in [1.807, 2.05) is 62.1 Å². The van der Waals surface area contributed by atoms with E-state index >= 15 is 0 Å². The summed E-state index contributed by atoms with van der Waals surface area (Å²) in [5.41, 5.74) is 1.11. The number of anilines is 1. The summed E-state index contributed by atoms with van der Waals surface area (Å²) in [5.74, 6) is 0.647. The molecule has 12 heteroatoms. The molecule has 2 atom stereocenters. The van der Waals surface area contributed by atoms with E-state index in [9.17, 15) is 18.0 Å². The second-order valence-corrected chi connectivity index (χ2v) is 14.7. The average Bonchev–Trinajstić information content (AvgIpc) is 3.27. The van der Waals surface area contributed by atoms with Gasteiger partial charge in [-0.15, -0.1) is 0 Å². The number of nitrogens with one attached hydrogen (secondary N) is 1. The van der Waals surface area contributed by atoms with Gasteiger partial charge in [0.1, 0.15) is 18.0 Å². The Kier molecular flexibility index (Phi) is 10.2. The Hall–Kier alpha value is -3.64. The maximum absolute atomic E-state index is 12.9. The molecule has 1 aromatic heterocycles. The lowest BCUT2D eigenvalue weighted by molar-refractivity contribution is 0.0130. The van der Waals surface area contributed by atoms with Gasteiger partial charge in [-0.1, -0.05) is 42.5 Å². The predicted molar refractivity (Wildman–Crippen MR) is 168 cm³/mol. The monoisotopic (exact) mass is 627 g/mol. The van der Waals surface area contributed by atoms with Gasteiger partial charge < -0.3 is 24.6 Å². The highest BCUT2D eigenvalue weighted by Crippen LogP contribution is 2.37. The zero-order chi connectivity index (χ0) is 32.1. The molecular weight excluding hydrogens is 582 g/mol. The summed E-state index contributed by atoms with van der Waals surface area (Å²) < 4.78 is 35.1. The number of benzene rings is 1. The lowest BCUT2D eigenvalue weighted by Gasteiger charge is -2.33. The topological polar surface area (TPSA) is 144 Å². The van der Waals surface area contributed by atoms with E-state index in [4.69, 9.17) is 14.6 Å². The molecule has 2 aromatic rings. The van der Waals surface area contributed by atoms with Gasteiger partial charge >= 0.3 is 12.2 Å². The molecule has 4 rings (SSSR count). The normalized spacial score (nSPS) is 19.2. The first-order chi connectivity index (χ1) is 20.6. The van der Waals surface area contributed by atoms with E-state index < -0.39 is 15.6 Å². The van der Waals surface area contributed by atoms with E-state index in [1.54, 1.807) is 17.0 Å². The molecule has 11 nitrogen and oxygen atoms in total. The highest BCUT2D eigenvalue weighted by Gasteiger charge is 2.43. The molecule has 2 amide bonds. The van der Waals surface area contributed by atoms with Crippen molar-refractivity contribution in [2.45, 2.75) is 89.1 Å². The van der Waals surface area contributed by atoms with Crippen molar-refractivity contribution in [1.82, 2.24) is 14.8 Å². The van der Waals surface area contributed by atoms with Gasteiger partial charge in [0.2, 0.25) is 0 Å². The Morgan fingerprint density at radius 3 is 2.48 bits per heavy atom. The Morgan fingerprint density at radius 2 is 1.84 bits per heavy atom. The highest BCUT2D eigenvalue weighted by atomic mass is 32.2. The van der Waals surface area contributed by atoms with Gasteiger partial charge in [-0.05, 0) is 89.5 Å². The number of pyridine rings is 1. The maximum atomic E-state index is 12.9. The van der Waals surface area contributed by atoms with Gasteiger partial charge in [-0.3, -0.25) is 0 Å². The number of ether oxygens (including phenoxy) is 2. The number of hydrogen-bond acceptors (Lipinski definition) is 8. The second-order valence-electron chi connectivity index (χ2n) is 13.2. The van der Waals surface area contributed by atoms with E-state index in [0.717, 1.165) is 24.0 Å². The Balaban J connectivity index is 1.45. The van der Waals surface area contributed by atoms with E-state index in [0.29, 0.717) is 38.3 Å². The number of nitrogens with zero attached hydrogens (tertiary/aromatic N) is 3. The molecule has 2 aliphatic heterocycles. The summed E-state index contributed by atoms with van der Waals surface area (Å²) in [6, 6.07) is 14.1. The van der Waals surface area contributed by atoms with Crippen LogP contribution in [0.15, 0.2) is 65.2 Å². The Labute approximate surface area is 260 Å². The fraction of sp³-hybridized carbons (Fsp3) is 0.531. The van der Waals surface area contributed by atoms with Crippen molar-refractivity contribution in [3.05, 3.63) is 65.7 Å². The third-order valence-corrected chi connectivity index (χ3v) is 8.74. The summed E-state index contributed by atoms with van der Waals surface area (Å²) >= 11 is 0. The zero-order valence-electron chi connectivity index (χ0n) is 26.3. The lowest BCUT2D eigenvalue weighted by atomic mass is 9.89. The number of amides is 2. The minimum Gasteiger partial charge on any atom is -0.445 e. The van der Waals surface area contributed by atoms with Crippen LogP contribution in [0.1, 0.15) is 65.9 Å². The number of likely N-dealkylation sites (tertiary alicyclic amines) is 1. The molecule has 1 unspecified atom stereocenters. The molecule has 240 valence electrons. The number of nitrogens with two attached hydrogens (primary N) is 1. The fourth-order valence-corrected chi connectivity index (χ4v) is 6.27. The van der Waals surface area contributed by atoms with Gasteiger partial charge in [0.25, 0.3) is 10.0 Å². The van der Waals surface area contributed by atoms with E-state index in [-0.39, 0.29) is 41.3 Å².